The van der Waals surface area contributed by atoms with Crippen LogP contribution in [-0.4, -0.2) is 40.3 Å². The van der Waals surface area contributed by atoms with E-state index in [1.807, 2.05) is 41.0 Å². The minimum atomic E-state index is 0.469. The van der Waals surface area contributed by atoms with Crippen LogP contribution in [0.2, 0.25) is 10.0 Å². The van der Waals surface area contributed by atoms with Crippen molar-refractivity contribution in [3.8, 4) is 11.5 Å². The van der Waals surface area contributed by atoms with E-state index < -0.39 is 0 Å². The molecule has 0 saturated heterocycles. The van der Waals surface area contributed by atoms with Gasteiger partial charge in [0.15, 0.2) is 23.0 Å². The first-order valence-corrected chi connectivity index (χ1v) is 10.4. The number of nitrogens with one attached hydrogen (secondary N) is 1. The second-order valence-electron chi connectivity index (χ2n) is 6.83. The Hall–Kier alpha value is -3.03. The quantitative estimate of drug-likeness (QED) is 0.407. The number of imidazole rings is 1. The molecule has 0 spiro atoms. The summed E-state index contributed by atoms with van der Waals surface area (Å²) >= 11 is 12.6. The molecule has 4 aromatic rings. The Labute approximate surface area is 190 Å². The molecule has 7 nitrogen and oxygen atoms in total. The fourth-order valence-corrected chi connectivity index (χ4v) is 3.86. The maximum absolute atomic E-state index is 6.32. The molecule has 1 N–H and O–H groups in total. The van der Waals surface area contributed by atoms with Crippen LogP contribution in [0.25, 0.3) is 11.2 Å². The van der Waals surface area contributed by atoms with E-state index in [1.54, 1.807) is 20.5 Å². The number of fused-ring (bicyclic) bond motifs is 1. The van der Waals surface area contributed by atoms with Gasteiger partial charge in [-0.05, 0) is 36.2 Å². The summed E-state index contributed by atoms with van der Waals surface area (Å²) in [6.45, 7) is 1.14. The molecule has 9 heteroatoms. The van der Waals surface area contributed by atoms with Crippen molar-refractivity contribution in [3.63, 3.8) is 0 Å². The van der Waals surface area contributed by atoms with Crippen molar-refractivity contribution in [2.24, 2.45) is 0 Å². The van der Waals surface area contributed by atoms with E-state index in [2.05, 4.69) is 20.3 Å². The van der Waals surface area contributed by atoms with Crippen LogP contribution in [0, 0.1) is 0 Å². The van der Waals surface area contributed by atoms with E-state index in [1.165, 1.54) is 6.33 Å². The first kappa shape index (κ1) is 21.2. The molecule has 31 heavy (non-hydrogen) atoms. The predicted octanol–water partition coefficient (Wildman–Crippen LogP) is 4.85. The molecule has 0 unspecified atom stereocenters. The molecule has 0 saturated carbocycles. The lowest BCUT2D eigenvalue weighted by Crippen LogP contribution is -2.08. The summed E-state index contributed by atoms with van der Waals surface area (Å²) in [5, 5.41) is 4.57. The van der Waals surface area contributed by atoms with E-state index >= 15 is 0 Å². The summed E-state index contributed by atoms with van der Waals surface area (Å²) in [7, 11) is 3.25. The largest absolute Gasteiger partial charge is 0.493 e. The van der Waals surface area contributed by atoms with Gasteiger partial charge in [-0.3, -0.25) is 0 Å². The number of rotatable bonds is 8. The molecule has 0 aliphatic carbocycles. The Morgan fingerprint density at radius 1 is 0.968 bits per heavy atom. The monoisotopic (exact) mass is 457 g/mol. The minimum absolute atomic E-state index is 0.469. The van der Waals surface area contributed by atoms with Crippen molar-refractivity contribution < 1.29 is 9.47 Å². The summed E-state index contributed by atoms with van der Waals surface area (Å²) in [6, 6.07) is 11.3. The molecule has 0 radical (unpaired) electrons. The van der Waals surface area contributed by atoms with Gasteiger partial charge in [-0.25, -0.2) is 15.0 Å². The number of hydrogen-bond donors (Lipinski definition) is 1. The van der Waals surface area contributed by atoms with Crippen molar-refractivity contribution >= 4 is 40.2 Å². The molecule has 2 aromatic heterocycles. The second-order valence-corrected chi connectivity index (χ2v) is 7.65. The van der Waals surface area contributed by atoms with E-state index in [0.29, 0.717) is 51.6 Å². The molecule has 0 atom stereocenters. The number of anilines is 1. The number of nitrogens with zero attached hydrogens (tertiary/aromatic N) is 4. The predicted molar refractivity (Wildman–Crippen MR) is 123 cm³/mol. The zero-order valence-electron chi connectivity index (χ0n) is 17.1. The maximum atomic E-state index is 6.32. The number of benzene rings is 2. The third kappa shape index (κ3) is 4.52. The molecule has 2 aromatic carbocycles. The van der Waals surface area contributed by atoms with Crippen LogP contribution in [0.5, 0.6) is 11.5 Å². The van der Waals surface area contributed by atoms with E-state index in [4.69, 9.17) is 32.7 Å². The maximum Gasteiger partial charge on any atom is 0.165 e. The van der Waals surface area contributed by atoms with Crippen molar-refractivity contribution in [1.82, 2.24) is 19.5 Å². The zero-order chi connectivity index (χ0) is 21.8. The molecule has 0 bridgehead atoms. The first-order valence-electron chi connectivity index (χ1n) is 9.64. The Kier molecular flexibility index (Phi) is 6.44. The summed E-state index contributed by atoms with van der Waals surface area (Å²) in [5.74, 6) is 2.09. The van der Waals surface area contributed by atoms with Crippen LogP contribution in [0.3, 0.4) is 0 Å². The molecule has 0 amide bonds. The number of halogens is 2. The molecule has 0 aliphatic rings. The number of aromatic nitrogens is 4. The fraction of sp³-hybridized carbons (Fsp3) is 0.227. The van der Waals surface area contributed by atoms with Gasteiger partial charge >= 0.3 is 0 Å². The van der Waals surface area contributed by atoms with Crippen LogP contribution in [0.1, 0.15) is 11.1 Å². The Balaban J connectivity index is 1.49. The third-order valence-electron chi connectivity index (χ3n) is 4.95. The summed E-state index contributed by atoms with van der Waals surface area (Å²) in [4.78, 5) is 13.3. The lowest BCUT2D eigenvalue weighted by atomic mass is 10.1. The average Bonchev–Trinajstić information content (AvgIpc) is 3.20. The molecule has 160 valence electrons. The van der Waals surface area contributed by atoms with Crippen LogP contribution in [0.4, 0.5) is 5.82 Å². The first-order chi connectivity index (χ1) is 15.1. The van der Waals surface area contributed by atoms with Gasteiger partial charge in [0.2, 0.25) is 0 Å². The Bertz CT molecular complexity index is 1190. The molecule has 2 heterocycles. The highest BCUT2D eigenvalue weighted by molar-refractivity contribution is 6.36. The molecular formula is C22H21Cl2N5O2. The van der Waals surface area contributed by atoms with Gasteiger partial charge in [0.25, 0.3) is 0 Å². The van der Waals surface area contributed by atoms with E-state index in [-0.39, 0.29) is 0 Å². The van der Waals surface area contributed by atoms with Gasteiger partial charge in [-0.15, -0.1) is 0 Å². The SMILES string of the molecule is COc1ccc(CCNc2ncnc3c2ncn3Cc2c(Cl)cccc2Cl)cc1OC. The van der Waals surface area contributed by atoms with Crippen LogP contribution >= 0.6 is 23.2 Å². The van der Waals surface area contributed by atoms with Gasteiger partial charge < -0.3 is 19.4 Å². The highest BCUT2D eigenvalue weighted by atomic mass is 35.5. The van der Waals surface area contributed by atoms with Gasteiger partial charge in [0.1, 0.15) is 11.8 Å². The third-order valence-corrected chi connectivity index (χ3v) is 5.65. The van der Waals surface area contributed by atoms with Gasteiger partial charge in [-0.2, -0.15) is 0 Å². The van der Waals surface area contributed by atoms with E-state index in [9.17, 15) is 0 Å². The lowest BCUT2D eigenvalue weighted by Gasteiger charge is -2.11. The normalized spacial score (nSPS) is 11.0. The Morgan fingerprint density at radius 3 is 2.48 bits per heavy atom. The highest BCUT2D eigenvalue weighted by Crippen LogP contribution is 2.28. The smallest absolute Gasteiger partial charge is 0.165 e. The van der Waals surface area contributed by atoms with Crippen LogP contribution < -0.4 is 14.8 Å². The molecule has 0 fully saturated rings. The van der Waals surface area contributed by atoms with Gasteiger partial charge in [0, 0.05) is 22.2 Å². The van der Waals surface area contributed by atoms with Gasteiger partial charge in [-0.1, -0.05) is 35.3 Å². The number of methoxy groups -OCH3 is 2. The minimum Gasteiger partial charge on any atom is -0.493 e. The lowest BCUT2D eigenvalue weighted by molar-refractivity contribution is 0.354. The Morgan fingerprint density at radius 2 is 1.74 bits per heavy atom. The molecule has 4 rings (SSSR count). The molecule has 0 aliphatic heterocycles. The zero-order valence-corrected chi connectivity index (χ0v) is 18.6. The standard InChI is InChI=1S/C22H21Cl2N5O2/c1-30-18-7-6-14(10-19(18)31-2)8-9-25-21-20-22(27-12-26-21)29(13-28-20)11-15-16(23)4-3-5-17(15)24/h3-7,10,12-13H,8-9,11H2,1-2H3,(H,25,26,27). The van der Waals surface area contributed by atoms with Crippen LogP contribution in [0.15, 0.2) is 49.1 Å². The summed E-state index contributed by atoms with van der Waals surface area (Å²) in [5.41, 5.74) is 3.35. The number of ether oxygens (including phenoxy) is 2. The fourth-order valence-electron chi connectivity index (χ4n) is 3.34. The van der Waals surface area contributed by atoms with Crippen molar-refractivity contribution in [1.29, 1.82) is 0 Å². The average molecular weight is 458 g/mol. The van der Waals surface area contributed by atoms with Crippen LogP contribution in [-0.2, 0) is 13.0 Å². The van der Waals surface area contributed by atoms with Crippen molar-refractivity contribution in [3.05, 3.63) is 70.2 Å². The summed E-state index contributed by atoms with van der Waals surface area (Å²) in [6.07, 6.45) is 4.02. The van der Waals surface area contributed by atoms with Gasteiger partial charge in [0.05, 0.1) is 27.1 Å². The number of hydrogen-bond acceptors (Lipinski definition) is 6. The van der Waals surface area contributed by atoms with Crippen molar-refractivity contribution in [2.45, 2.75) is 13.0 Å². The molecular weight excluding hydrogens is 437 g/mol. The second kappa shape index (κ2) is 9.41. The summed E-state index contributed by atoms with van der Waals surface area (Å²) < 4.78 is 12.6. The topological polar surface area (TPSA) is 74.1 Å². The highest BCUT2D eigenvalue weighted by Gasteiger charge is 2.13. The van der Waals surface area contributed by atoms with E-state index in [0.717, 1.165) is 17.5 Å². The van der Waals surface area contributed by atoms with Crippen molar-refractivity contribution in [2.75, 3.05) is 26.1 Å².